The average Bonchev–Trinajstić information content (AvgIpc) is 2.71. The number of benzene rings is 1. The zero-order valence-corrected chi connectivity index (χ0v) is 17.4. The molecular formula is C21H32F3N5. The first kappa shape index (κ1) is 21.7. The molecule has 2 aliphatic rings. The SMILES string of the molecule is CCNC(=NCC1CCCN(C)C1)N1CCN(c2cccc(C(F)(F)F)c2)CC1. The van der Waals surface area contributed by atoms with Gasteiger partial charge in [0.1, 0.15) is 0 Å². The summed E-state index contributed by atoms with van der Waals surface area (Å²) in [6, 6.07) is 5.61. The third kappa shape index (κ3) is 6.01. The molecule has 2 aliphatic heterocycles. The Morgan fingerprint density at radius 1 is 1.17 bits per heavy atom. The minimum Gasteiger partial charge on any atom is -0.368 e. The van der Waals surface area contributed by atoms with E-state index in [0.29, 0.717) is 24.7 Å². The van der Waals surface area contributed by atoms with Crippen LogP contribution in [-0.4, -0.2) is 75.2 Å². The molecule has 0 saturated carbocycles. The fourth-order valence-electron chi connectivity index (χ4n) is 4.12. The van der Waals surface area contributed by atoms with Gasteiger partial charge in [-0.2, -0.15) is 13.2 Å². The molecule has 3 rings (SSSR count). The molecule has 0 aliphatic carbocycles. The third-order valence-electron chi connectivity index (χ3n) is 5.67. The maximum Gasteiger partial charge on any atom is 0.416 e. The lowest BCUT2D eigenvalue weighted by molar-refractivity contribution is -0.137. The quantitative estimate of drug-likeness (QED) is 0.610. The normalized spacial score (nSPS) is 22.1. The van der Waals surface area contributed by atoms with Crippen molar-refractivity contribution in [3.8, 4) is 0 Å². The number of nitrogens with one attached hydrogen (secondary N) is 1. The summed E-state index contributed by atoms with van der Waals surface area (Å²) >= 11 is 0. The smallest absolute Gasteiger partial charge is 0.368 e. The number of guanidine groups is 1. The average molecular weight is 412 g/mol. The molecule has 1 aromatic rings. The lowest BCUT2D eigenvalue weighted by Gasteiger charge is -2.38. The van der Waals surface area contributed by atoms with Gasteiger partial charge in [-0.05, 0) is 57.5 Å². The van der Waals surface area contributed by atoms with Crippen molar-refractivity contribution >= 4 is 11.6 Å². The second-order valence-corrected chi connectivity index (χ2v) is 7.99. The highest BCUT2D eigenvalue weighted by atomic mass is 19.4. The summed E-state index contributed by atoms with van der Waals surface area (Å²) in [4.78, 5) is 11.5. The van der Waals surface area contributed by atoms with Gasteiger partial charge in [-0.25, -0.2) is 0 Å². The van der Waals surface area contributed by atoms with E-state index in [9.17, 15) is 13.2 Å². The van der Waals surface area contributed by atoms with Gasteiger partial charge in [0.05, 0.1) is 5.56 Å². The fourth-order valence-corrected chi connectivity index (χ4v) is 4.12. The molecule has 162 valence electrons. The van der Waals surface area contributed by atoms with Gasteiger partial charge < -0.3 is 20.0 Å². The van der Waals surface area contributed by atoms with Crippen LogP contribution in [0.3, 0.4) is 0 Å². The topological polar surface area (TPSA) is 34.1 Å². The van der Waals surface area contributed by atoms with Crippen molar-refractivity contribution in [2.75, 3.05) is 64.3 Å². The molecule has 8 heteroatoms. The zero-order chi connectivity index (χ0) is 20.9. The Bertz CT molecular complexity index is 683. The van der Waals surface area contributed by atoms with Gasteiger partial charge in [-0.3, -0.25) is 4.99 Å². The standard InChI is InChI=1S/C21H32F3N5/c1-3-25-20(26-15-17-6-5-9-27(2)16-17)29-12-10-28(11-13-29)19-8-4-7-18(14-19)21(22,23)24/h4,7-8,14,17H,3,5-6,9-13,15-16H2,1-2H3,(H,25,26). The predicted octanol–water partition coefficient (Wildman–Crippen LogP) is 3.13. The van der Waals surface area contributed by atoms with Gasteiger partial charge in [0, 0.05) is 51.5 Å². The van der Waals surface area contributed by atoms with Crippen LogP contribution in [0.25, 0.3) is 0 Å². The highest BCUT2D eigenvalue weighted by Gasteiger charge is 2.31. The van der Waals surface area contributed by atoms with E-state index in [2.05, 4.69) is 29.1 Å². The van der Waals surface area contributed by atoms with E-state index in [-0.39, 0.29) is 0 Å². The maximum absolute atomic E-state index is 13.0. The Hall–Kier alpha value is -1.96. The number of anilines is 1. The number of hydrogen-bond donors (Lipinski definition) is 1. The maximum atomic E-state index is 13.0. The van der Waals surface area contributed by atoms with Crippen molar-refractivity contribution in [1.29, 1.82) is 0 Å². The summed E-state index contributed by atoms with van der Waals surface area (Å²) in [6.45, 7) is 8.78. The molecule has 0 amide bonds. The van der Waals surface area contributed by atoms with Gasteiger partial charge in [0.25, 0.3) is 0 Å². The van der Waals surface area contributed by atoms with Crippen LogP contribution in [0.2, 0.25) is 0 Å². The number of halogens is 3. The largest absolute Gasteiger partial charge is 0.416 e. The Labute approximate surface area is 171 Å². The van der Waals surface area contributed by atoms with E-state index in [1.807, 2.05) is 4.90 Å². The van der Waals surface area contributed by atoms with E-state index in [1.165, 1.54) is 25.0 Å². The Balaban J connectivity index is 1.59. The lowest BCUT2D eigenvalue weighted by atomic mass is 9.99. The van der Waals surface area contributed by atoms with E-state index in [4.69, 9.17) is 4.99 Å². The number of alkyl halides is 3. The Morgan fingerprint density at radius 2 is 1.93 bits per heavy atom. The van der Waals surface area contributed by atoms with Crippen LogP contribution < -0.4 is 10.2 Å². The van der Waals surface area contributed by atoms with Crippen LogP contribution in [0, 0.1) is 5.92 Å². The molecule has 2 fully saturated rings. The molecule has 29 heavy (non-hydrogen) atoms. The second-order valence-electron chi connectivity index (χ2n) is 7.99. The van der Waals surface area contributed by atoms with E-state index < -0.39 is 11.7 Å². The number of hydrogen-bond acceptors (Lipinski definition) is 3. The summed E-state index contributed by atoms with van der Waals surface area (Å²) in [6.07, 6.45) is -1.87. The minimum absolute atomic E-state index is 0.591. The molecule has 1 N–H and O–H groups in total. The summed E-state index contributed by atoms with van der Waals surface area (Å²) in [7, 11) is 2.16. The number of rotatable bonds is 4. The van der Waals surface area contributed by atoms with E-state index in [0.717, 1.165) is 51.3 Å². The van der Waals surface area contributed by atoms with Crippen molar-refractivity contribution in [1.82, 2.24) is 15.1 Å². The van der Waals surface area contributed by atoms with Gasteiger partial charge in [-0.15, -0.1) is 0 Å². The van der Waals surface area contributed by atoms with Crippen molar-refractivity contribution in [2.24, 2.45) is 10.9 Å². The number of likely N-dealkylation sites (tertiary alicyclic amines) is 1. The molecular weight excluding hydrogens is 379 g/mol. The molecule has 0 radical (unpaired) electrons. The summed E-state index contributed by atoms with van der Waals surface area (Å²) in [5.74, 6) is 1.51. The molecule has 0 spiro atoms. The minimum atomic E-state index is -4.31. The van der Waals surface area contributed by atoms with Crippen LogP contribution in [0.5, 0.6) is 0 Å². The Morgan fingerprint density at radius 3 is 2.59 bits per heavy atom. The summed E-state index contributed by atoms with van der Waals surface area (Å²) in [5.41, 5.74) is 0.0384. The number of nitrogens with zero attached hydrogens (tertiary/aromatic N) is 4. The number of piperidine rings is 1. The van der Waals surface area contributed by atoms with Gasteiger partial charge in [0.15, 0.2) is 5.96 Å². The zero-order valence-electron chi connectivity index (χ0n) is 17.4. The van der Waals surface area contributed by atoms with Crippen molar-refractivity contribution in [3.63, 3.8) is 0 Å². The van der Waals surface area contributed by atoms with Crippen molar-refractivity contribution in [2.45, 2.75) is 25.9 Å². The molecule has 1 unspecified atom stereocenters. The van der Waals surface area contributed by atoms with Crippen LogP contribution in [-0.2, 0) is 6.18 Å². The molecule has 2 heterocycles. The molecule has 1 atom stereocenters. The molecule has 1 aromatic carbocycles. The van der Waals surface area contributed by atoms with Crippen LogP contribution in [0.15, 0.2) is 29.3 Å². The highest BCUT2D eigenvalue weighted by molar-refractivity contribution is 5.80. The number of piperazine rings is 1. The first-order chi connectivity index (χ1) is 13.9. The highest BCUT2D eigenvalue weighted by Crippen LogP contribution is 2.31. The van der Waals surface area contributed by atoms with Crippen molar-refractivity contribution < 1.29 is 13.2 Å². The summed E-state index contributed by atoms with van der Waals surface area (Å²) < 4.78 is 39.0. The third-order valence-corrected chi connectivity index (χ3v) is 5.67. The van der Waals surface area contributed by atoms with Gasteiger partial charge >= 0.3 is 6.18 Å². The first-order valence-corrected chi connectivity index (χ1v) is 10.5. The van der Waals surface area contributed by atoms with Crippen molar-refractivity contribution in [3.05, 3.63) is 29.8 Å². The van der Waals surface area contributed by atoms with E-state index in [1.54, 1.807) is 6.07 Å². The molecule has 0 aromatic heterocycles. The van der Waals surface area contributed by atoms with Crippen LogP contribution in [0.1, 0.15) is 25.3 Å². The second kappa shape index (κ2) is 9.69. The molecule has 0 bridgehead atoms. The monoisotopic (exact) mass is 411 g/mol. The predicted molar refractivity (Wildman–Crippen MR) is 111 cm³/mol. The molecule has 2 saturated heterocycles. The lowest BCUT2D eigenvalue weighted by Crippen LogP contribution is -2.52. The Kier molecular flexibility index (Phi) is 7.27. The van der Waals surface area contributed by atoms with Gasteiger partial charge in [-0.1, -0.05) is 6.07 Å². The summed E-state index contributed by atoms with van der Waals surface area (Å²) in [5, 5.41) is 3.38. The molecule has 5 nitrogen and oxygen atoms in total. The first-order valence-electron chi connectivity index (χ1n) is 10.5. The van der Waals surface area contributed by atoms with Crippen LogP contribution >= 0.6 is 0 Å². The van der Waals surface area contributed by atoms with Gasteiger partial charge in [0.2, 0.25) is 0 Å². The van der Waals surface area contributed by atoms with Crippen LogP contribution in [0.4, 0.5) is 18.9 Å². The number of aliphatic imine (C=N–C) groups is 1. The fraction of sp³-hybridized carbons (Fsp3) is 0.667. The van der Waals surface area contributed by atoms with E-state index >= 15 is 0 Å².